The Hall–Kier alpha value is -2.08. The van der Waals surface area contributed by atoms with Crippen molar-refractivity contribution in [2.24, 2.45) is 19.5 Å². The van der Waals surface area contributed by atoms with Gasteiger partial charge in [0.05, 0.1) is 17.3 Å². The SMILES string of the molecule is Cn1cc(N2CCC3(CCCN(Cc4cccn4C)C3)C2=O)cn1. The lowest BCUT2D eigenvalue weighted by molar-refractivity contribution is -0.128. The molecule has 1 atom stereocenters. The van der Waals surface area contributed by atoms with Crippen LogP contribution in [0, 0.1) is 5.41 Å². The highest BCUT2D eigenvalue weighted by molar-refractivity contribution is 6.00. The molecule has 2 aromatic heterocycles. The van der Waals surface area contributed by atoms with Crippen molar-refractivity contribution in [3.05, 3.63) is 36.4 Å². The maximum absolute atomic E-state index is 13.2. The monoisotopic (exact) mass is 327 g/mol. The number of nitrogens with zero attached hydrogens (tertiary/aromatic N) is 5. The number of piperidine rings is 1. The Kier molecular flexibility index (Phi) is 3.72. The third kappa shape index (κ3) is 2.55. The molecule has 2 fully saturated rings. The molecule has 0 bridgehead atoms. The topological polar surface area (TPSA) is 46.3 Å². The molecule has 4 rings (SSSR count). The van der Waals surface area contributed by atoms with Crippen LogP contribution in [0.25, 0.3) is 0 Å². The Bertz CT molecular complexity index is 748. The van der Waals surface area contributed by atoms with E-state index in [-0.39, 0.29) is 11.3 Å². The Morgan fingerprint density at radius 3 is 2.83 bits per heavy atom. The maximum Gasteiger partial charge on any atom is 0.234 e. The molecule has 2 aromatic rings. The number of aryl methyl sites for hydroxylation is 2. The lowest BCUT2D eigenvalue weighted by atomic mass is 9.78. The van der Waals surface area contributed by atoms with Crippen LogP contribution in [0.1, 0.15) is 25.0 Å². The van der Waals surface area contributed by atoms with E-state index >= 15 is 0 Å². The summed E-state index contributed by atoms with van der Waals surface area (Å²) in [5.74, 6) is 0.284. The summed E-state index contributed by atoms with van der Waals surface area (Å²) in [7, 11) is 3.97. The number of amides is 1. The molecule has 1 spiro atoms. The van der Waals surface area contributed by atoms with E-state index in [1.165, 1.54) is 5.69 Å². The van der Waals surface area contributed by atoms with Gasteiger partial charge in [-0.3, -0.25) is 14.4 Å². The van der Waals surface area contributed by atoms with Crippen molar-refractivity contribution in [1.29, 1.82) is 0 Å². The molecule has 4 heterocycles. The van der Waals surface area contributed by atoms with Gasteiger partial charge in [-0.15, -0.1) is 0 Å². The summed E-state index contributed by atoms with van der Waals surface area (Å²) in [6.07, 6.45) is 8.86. The van der Waals surface area contributed by atoms with E-state index in [4.69, 9.17) is 0 Å². The van der Waals surface area contributed by atoms with Crippen LogP contribution in [0.5, 0.6) is 0 Å². The first kappa shape index (κ1) is 15.4. The molecule has 24 heavy (non-hydrogen) atoms. The molecule has 1 amide bonds. The van der Waals surface area contributed by atoms with Gasteiger partial charge in [0, 0.05) is 51.8 Å². The highest BCUT2D eigenvalue weighted by atomic mass is 16.2. The van der Waals surface area contributed by atoms with Crippen LogP contribution in [0.2, 0.25) is 0 Å². The minimum Gasteiger partial charge on any atom is -0.353 e. The third-order valence-corrected chi connectivity index (χ3v) is 5.61. The zero-order valence-electron chi connectivity index (χ0n) is 14.5. The summed E-state index contributed by atoms with van der Waals surface area (Å²) < 4.78 is 3.93. The molecule has 0 saturated carbocycles. The van der Waals surface area contributed by atoms with Crippen LogP contribution in [-0.2, 0) is 25.4 Å². The summed E-state index contributed by atoms with van der Waals surface area (Å²) in [5.41, 5.74) is 2.03. The lowest BCUT2D eigenvalue weighted by Crippen LogP contribution is -2.47. The summed E-state index contributed by atoms with van der Waals surface area (Å²) in [4.78, 5) is 17.5. The molecule has 2 aliphatic heterocycles. The van der Waals surface area contributed by atoms with E-state index in [0.717, 1.165) is 51.1 Å². The fraction of sp³-hybridized carbons (Fsp3) is 0.556. The highest BCUT2D eigenvalue weighted by Gasteiger charge is 2.49. The first-order chi connectivity index (χ1) is 11.6. The number of rotatable bonds is 3. The van der Waals surface area contributed by atoms with Crippen LogP contribution >= 0.6 is 0 Å². The number of hydrogen-bond acceptors (Lipinski definition) is 3. The van der Waals surface area contributed by atoms with Crippen molar-refractivity contribution in [2.45, 2.75) is 25.8 Å². The molecule has 2 saturated heterocycles. The number of hydrogen-bond donors (Lipinski definition) is 0. The Morgan fingerprint density at radius 2 is 2.12 bits per heavy atom. The molecular weight excluding hydrogens is 302 g/mol. The average Bonchev–Trinajstić information content (AvgIpc) is 3.24. The molecule has 0 aromatic carbocycles. The minimum absolute atomic E-state index is 0.209. The number of carbonyl (C=O) groups is 1. The van der Waals surface area contributed by atoms with E-state index in [1.54, 1.807) is 10.9 Å². The van der Waals surface area contributed by atoms with Gasteiger partial charge >= 0.3 is 0 Å². The fourth-order valence-electron chi connectivity index (χ4n) is 4.25. The van der Waals surface area contributed by atoms with Gasteiger partial charge < -0.3 is 9.47 Å². The number of likely N-dealkylation sites (tertiary alicyclic amines) is 1. The molecule has 1 unspecified atom stereocenters. The molecular formula is C18H25N5O. The second kappa shape index (κ2) is 5.77. The number of carbonyl (C=O) groups excluding carboxylic acids is 1. The van der Waals surface area contributed by atoms with Crippen LogP contribution < -0.4 is 4.90 Å². The predicted octanol–water partition coefficient (Wildman–Crippen LogP) is 1.78. The summed E-state index contributed by atoms with van der Waals surface area (Å²) in [6, 6.07) is 4.25. The van der Waals surface area contributed by atoms with Gasteiger partial charge in [-0.1, -0.05) is 0 Å². The van der Waals surface area contributed by atoms with Crippen LogP contribution in [0.15, 0.2) is 30.7 Å². The predicted molar refractivity (Wildman–Crippen MR) is 92.5 cm³/mol. The number of aromatic nitrogens is 3. The van der Waals surface area contributed by atoms with Crippen molar-refractivity contribution in [3.63, 3.8) is 0 Å². The van der Waals surface area contributed by atoms with Gasteiger partial charge in [-0.25, -0.2) is 0 Å². The summed E-state index contributed by atoms with van der Waals surface area (Å²) >= 11 is 0. The fourth-order valence-corrected chi connectivity index (χ4v) is 4.25. The van der Waals surface area contributed by atoms with Crippen molar-refractivity contribution in [3.8, 4) is 0 Å². The van der Waals surface area contributed by atoms with Gasteiger partial charge in [0.25, 0.3) is 0 Å². The van der Waals surface area contributed by atoms with E-state index in [9.17, 15) is 4.79 Å². The zero-order valence-corrected chi connectivity index (χ0v) is 14.5. The van der Waals surface area contributed by atoms with Crippen LogP contribution in [0.3, 0.4) is 0 Å². The minimum atomic E-state index is -0.209. The van der Waals surface area contributed by atoms with E-state index < -0.39 is 0 Å². The Labute approximate surface area is 142 Å². The quantitative estimate of drug-likeness (QED) is 0.863. The molecule has 6 heteroatoms. The molecule has 0 aliphatic carbocycles. The standard InChI is InChI=1S/C18H25N5O/c1-20-8-3-5-15(20)13-22-9-4-6-18(14-22)7-10-23(17(18)24)16-11-19-21(2)12-16/h3,5,8,11-12H,4,6-7,9-10,13-14H2,1-2H3. The molecule has 0 N–H and O–H groups in total. The van der Waals surface area contributed by atoms with Gasteiger partial charge in [0.1, 0.15) is 0 Å². The van der Waals surface area contributed by atoms with Crippen molar-refractivity contribution < 1.29 is 4.79 Å². The van der Waals surface area contributed by atoms with Gasteiger partial charge in [-0.2, -0.15) is 5.10 Å². The molecule has 128 valence electrons. The maximum atomic E-state index is 13.2. The summed E-state index contributed by atoms with van der Waals surface area (Å²) in [6.45, 7) is 3.68. The van der Waals surface area contributed by atoms with E-state index in [2.05, 4.69) is 39.9 Å². The third-order valence-electron chi connectivity index (χ3n) is 5.61. The van der Waals surface area contributed by atoms with Crippen LogP contribution in [-0.4, -0.2) is 44.8 Å². The van der Waals surface area contributed by atoms with E-state index in [0.29, 0.717) is 0 Å². The van der Waals surface area contributed by atoms with Gasteiger partial charge in [0.15, 0.2) is 0 Å². The molecule has 0 radical (unpaired) electrons. The summed E-state index contributed by atoms with van der Waals surface area (Å²) in [5, 5.41) is 4.21. The van der Waals surface area contributed by atoms with Gasteiger partial charge in [-0.05, 0) is 37.9 Å². The van der Waals surface area contributed by atoms with Gasteiger partial charge in [0.2, 0.25) is 5.91 Å². The van der Waals surface area contributed by atoms with Crippen LogP contribution in [0.4, 0.5) is 5.69 Å². The van der Waals surface area contributed by atoms with E-state index in [1.807, 2.05) is 18.1 Å². The normalized spacial score (nSPS) is 25.1. The number of anilines is 1. The Morgan fingerprint density at radius 1 is 1.25 bits per heavy atom. The molecule has 6 nitrogen and oxygen atoms in total. The zero-order chi connectivity index (χ0) is 16.7. The lowest BCUT2D eigenvalue weighted by Gasteiger charge is -2.39. The first-order valence-corrected chi connectivity index (χ1v) is 8.71. The second-order valence-electron chi connectivity index (χ2n) is 7.28. The average molecular weight is 327 g/mol. The smallest absolute Gasteiger partial charge is 0.234 e. The van der Waals surface area contributed by atoms with Crippen molar-refractivity contribution in [2.75, 3.05) is 24.5 Å². The van der Waals surface area contributed by atoms with Crippen molar-refractivity contribution >= 4 is 11.6 Å². The second-order valence-corrected chi connectivity index (χ2v) is 7.28. The molecule has 2 aliphatic rings. The first-order valence-electron chi connectivity index (χ1n) is 8.71. The van der Waals surface area contributed by atoms with Crippen molar-refractivity contribution in [1.82, 2.24) is 19.2 Å². The highest BCUT2D eigenvalue weighted by Crippen LogP contribution is 2.42. The largest absolute Gasteiger partial charge is 0.353 e. The Balaban J connectivity index is 1.50.